The Morgan fingerprint density at radius 1 is 0.828 bits per heavy atom. The standard InChI is InChI=1S/C20H19BF5NO2/c1-10-6-7-12(21-28-19(2,3)20(4,5)29-21)11(8-10)9-27-18-16(25)14(23)13(22)15(24)17(18)26/h6-9H,1-5H3. The lowest BCUT2D eigenvalue weighted by Gasteiger charge is -2.32. The zero-order valence-electron chi connectivity index (χ0n) is 16.5. The first kappa shape index (κ1) is 21.5. The minimum atomic E-state index is -2.23. The van der Waals surface area contributed by atoms with Gasteiger partial charge in [0.15, 0.2) is 23.3 Å². The summed E-state index contributed by atoms with van der Waals surface area (Å²) in [6, 6.07) is 5.14. The lowest BCUT2D eigenvalue weighted by molar-refractivity contribution is 0.00578. The normalized spacial score (nSPS) is 18.1. The zero-order valence-corrected chi connectivity index (χ0v) is 16.5. The van der Waals surface area contributed by atoms with Crippen LogP contribution < -0.4 is 5.46 Å². The molecule has 1 heterocycles. The van der Waals surface area contributed by atoms with Gasteiger partial charge in [0, 0.05) is 6.21 Å². The van der Waals surface area contributed by atoms with Gasteiger partial charge in [0.1, 0.15) is 5.69 Å². The van der Waals surface area contributed by atoms with Crippen molar-refractivity contribution in [3.63, 3.8) is 0 Å². The van der Waals surface area contributed by atoms with Gasteiger partial charge in [-0.15, -0.1) is 0 Å². The average molecular weight is 411 g/mol. The van der Waals surface area contributed by atoms with Crippen LogP contribution in [0.2, 0.25) is 0 Å². The fourth-order valence-corrected chi connectivity index (χ4v) is 2.83. The summed E-state index contributed by atoms with van der Waals surface area (Å²) in [5.74, 6) is -10.3. The van der Waals surface area contributed by atoms with Gasteiger partial charge in [0.2, 0.25) is 5.82 Å². The lowest BCUT2D eigenvalue weighted by atomic mass is 9.75. The van der Waals surface area contributed by atoms with Crippen molar-refractivity contribution in [1.29, 1.82) is 0 Å². The lowest BCUT2D eigenvalue weighted by Crippen LogP contribution is -2.41. The summed E-state index contributed by atoms with van der Waals surface area (Å²) >= 11 is 0. The molecule has 1 aliphatic rings. The van der Waals surface area contributed by atoms with Crippen molar-refractivity contribution in [1.82, 2.24) is 0 Å². The number of aliphatic imine (C=N–C) groups is 1. The van der Waals surface area contributed by atoms with Crippen molar-refractivity contribution in [2.24, 2.45) is 4.99 Å². The van der Waals surface area contributed by atoms with Gasteiger partial charge in [-0.2, -0.15) is 0 Å². The fourth-order valence-electron chi connectivity index (χ4n) is 2.83. The van der Waals surface area contributed by atoms with Crippen LogP contribution in [0, 0.1) is 36.0 Å². The summed E-state index contributed by atoms with van der Waals surface area (Å²) < 4.78 is 79.8. The van der Waals surface area contributed by atoms with E-state index in [0.29, 0.717) is 11.0 Å². The van der Waals surface area contributed by atoms with Gasteiger partial charge >= 0.3 is 7.12 Å². The van der Waals surface area contributed by atoms with Crippen LogP contribution in [0.4, 0.5) is 27.6 Å². The number of hydrogen-bond acceptors (Lipinski definition) is 3. The van der Waals surface area contributed by atoms with Crippen LogP contribution in [-0.2, 0) is 9.31 Å². The van der Waals surface area contributed by atoms with E-state index in [1.165, 1.54) is 0 Å². The van der Waals surface area contributed by atoms with E-state index >= 15 is 0 Å². The second-order valence-corrected chi connectivity index (χ2v) is 7.90. The van der Waals surface area contributed by atoms with E-state index in [1.807, 2.05) is 27.7 Å². The summed E-state index contributed by atoms with van der Waals surface area (Å²) in [6.07, 6.45) is 1.03. The Labute approximate surface area is 165 Å². The molecule has 0 aromatic heterocycles. The Balaban J connectivity index is 2.05. The average Bonchev–Trinajstić information content (AvgIpc) is 2.85. The van der Waals surface area contributed by atoms with Crippen LogP contribution in [0.3, 0.4) is 0 Å². The molecule has 0 amide bonds. The third kappa shape index (κ3) is 3.69. The van der Waals surface area contributed by atoms with E-state index in [4.69, 9.17) is 9.31 Å². The molecule has 1 fully saturated rings. The summed E-state index contributed by atoms with van der Waals surface area (Å²) in [5, 5.41) is 0. The molecule has 0 aliphatic carbocycles. The highest BCUT2D eigenvalue weighted by Crippen LogP contribution is 2.36. The minimum Gasteiger partial charge on any atom is -0.399 e. The Hall–Kier alpha value is -2.26. The quantitative estimate of drug-likeness (QED) is 0.240. The molecule has 0 atom stereocenters. The molecule has 0 bridgehead atoms. The molecule has 0 saturated carbocycles. The van der Waals surface area contributed by atoms with Crippen molar-refractivity contribution >= 4 is 24.5 Å². The number of halogens is 5. The Morgan fingerprint density at radius 2 is 1.31 bits per heavy atom. The Bertz CT molecular complexity index is 962. The zero-order chi connectivity index (χ0) is 21.7. The molecule has 0 N–H and O–H groups in total. The first-order valence-corrected chi connectivity index (χ1v) is 8.87. The molecule has 154 valence electrons. The van der Waals surface area contributed by atoms with E-state index in [2.05, 4.69) is 4.99 Å². The van der Waals surface area contributed by atoms with Crippen LogP contribution in [0.1, 0.15) is 38.8 Å². The van der Waals surface area contributed by atoms with Gasteiger partial charge in [-0.05, 0) is 45.6 Å². The van der Waals surface area contributed by atoms with Crippen LogP contribution in [0.15, 0.2) is 23.2 Å². The molecule has 0 spiro atoms. The van der Waals surface area contributed by atoms with Crippen molar-refractivity contribution in [2.75, 3.05) is 0 Å². The molecule has 2 aromatic carbocycles. The summed E-state index contributed by atoms with van der Waals surface area (Å²) in [4.78, 5) is 3.55. The molecule has 0 radical (unpaired) electrons. The Kier molecular flexibility index (Phi) is 5.34. The topological polar surface area (TPSA) is 30.8 Å². The number of rotatable bonds is 3. The molecule has 29 heavy (non-hydrogen) atoms. The SMILES string of the molecule is Cc1ccc(B2OC(C)(C)C(C)(C)O2)c(C=Nc2c(F)c(F)c(F)c(F)c2F)c1. The van der Waals surface area contributed by atoms with Crippen LogP contribution in [-0.4, -0.2) is 24.5 Å². The maximum absolute atomic E-state index is 13.9. The first-order chi connectivity index (χ1) is 13.4. The van der Waals surface area contributed by atoms with Gasteiger partial charge in [-0.25, -0.2) is 26.9 Å². The summed E-state index contributed by atoms with van der Waals surface area (Å²) in [5.41, 5.74) is -0.835. The first-order valence-electron chi connectivity index (χ1n) is 8.87. The van der Waals surface area contributed by atoms with E-state index in [-0.39, 0.29) is 0 Å². The maximum Gasteiger partial charge on any atom is 0.495 e. The molecule has 3 nitrogen and oxygen atoms in total. The molecular formula is C20H19BF5NO2. The molecule has 3 rings (SSSR count). The van der Waals surface area contributed by atoms with E-state index in [0.717, 1.165) is 11.8 Å². The molecule has 2 aromatic rings. The third-order valence-corrected chi connectivity index (χ3v) is 5.27. The number of hydrogen-bond donors (Lipinski definition) is 0. The fraction of sp³-hybridized carbons (Fsp3) is 0.350. The molecule has 1 saturated heterocycles. The predicted octanol–water partition coefficient (Wildman–Crippen LogP) is 4.74. The smallest absolute Gasteiger partial charge is 0.399 e. The number of nitrogens with zero attached hydrogens (tertiary/aromatic N) is 1. The van der Waals surface area contributed by atoms with Crippen LogP contribution in [0.25, 0.3) is 0 Å². The number of aryl methyl sites for hydroxylation is 1. The molecular weight excluding hydrogens is 392 g/mol. The predicted molar refractivity (Wildman–Crippen MR) is 100 cm³/mol. The summed E-state index contributed by atoms with van der Waals surface area (Å²) in [6.45, 7) is 9.24. The van der Waals surface area contributed by atoms with Gasteiger partial charge < -0.3 is 9.31 Å². The van der Waals surface area contributed by atoms with E-state index < -0.39 is 53.1 Å². The summed E-state index contributed by atoms with van der Waals surface area (Å²) in [7, 11) is -0.793. The molecule has 1 aliphatic heterocycles. The van der Waals surface area contributed by atoms with Crippen molar-refractivity contribution in [3.05, 3.63) is 58.4 Å². The minimum absolute atomic E-state index is 0.368. The van der Waals surface area contributed by atoms with Crippen LogP contribution >= 0.6 is 0 Å². The van der Waals surface area contributed by atoms with Crippen LogP contribution in [0.5, 0.6) is 0 Å². The van der Waals surface area contributed by atoms with Gasteiger partial charge in [0.05, 0.1) is 11.2 Å². The molecule has 9 heteroatoms. The van der Waals surface area contributed by atoms with Crippen molar-refractivity contribution in [3.8, 4) is 0 Å². The van der Waals surface area contributed by atoms with Gasteiger partial charge in [-0.1, -0.05) is 23.8 Å². The Morgan fingerprint density at radius 3 is 1.83 bits per heavy atom. The maximum atomic E-state index is 13.9. The largest absolute Gasteiger partial charge is 0.495 e. The van der Waals surface area contributed by atoms with E-state index in [1.54, 1.807) is 25.1 Å². The second-order valence-electron chi connectivity index (χ2n) is 7.90. The van der Waals surface area contributed by atoms with Gasteiger partial charge in [-0.3, -0.25) is 0 Å². The second kappa shape index (κ2) is 7.21. The highest BCUT2D eigenvalue weighted by atomic mass is 19.2. The monoisotopic (exact) mass is 411 g/mol. The van der Waals surface area contributed by atoms with Crippen molar-refractivity contribution < 1.29 is 31.3 Å². The van der Waals surface area contributed by atoms with Crippen molar-refractivity contribution in [2.45, 2.75) is 45.8 Å². The van der Waals surface area contributed by atoms with Gasteiger partial charge in [0.25, 0.3) is 0 Å². The highest BCUT2D eigenvalue weighted by molar-refractivity contribution is 6.63. The highest BCUT2D eigenvalue weighted by Gasteiger charge is 2.52. The molecule has 0 unspecified atom stereocenters. The van der Waals surface area contributed by atoms with E-state index in [9.17, 15) is 22.0 Å². The third-order valence-electron chi connectivity index (χ3n) is 5.27. The number of benzene rings is 2.